The van der Waals surface area contributed by atoms with Crippen LogP contribution in [0.1, 0.15) is 22.3 Å². The first-order valence-electron chi connectivity index (χ1n) is 10.8. The molecule has 3 N–H and O–H groups in total. The Balaban J connectivity index is 1.42. The van der Waals surface area contributed by atoms with Gasteiger partial charge in [-0.05, 0) is 12.1 Å². The second-order valence-electron chi connectivity index (χ2n) is 8.60. The second-order valence-corrected chi connectivity index (χ2v) is 8.60. The van der Waals surface area contributed by atoms with Crippen molar-refractivity contribution in [3.8, 4) is 23.2 Å². The van der Waals surface area contributed by atoms with Crippen LogP contribution in [0.5, 0.6) is 5.88 Å². The molecule has 1 saturated heterocycles. The summed E-state index contributed by atoms with van der Waals surface area (Å²) in [5.74, 6) is -6.01. The van der Waals surface area contributed by atoms with E-state index in [4.69, 9.17) is 10.5 Å². The highest BCUT2D eigenvalue weighted by atomic mass is 19.3. The number of pyridine rings is 1. The monoisotopic (exact) mass is 500 g/mol. The van der Waals surface area contributed by atoms with Gasteiger partial charge in [-0.2, -0.15) is 10.4 Å². The number of nitrogens with two attached hydrogens (primary N) is 1. The van der Waals surface area contributed by atoms with E-state index in [-0.39, 0.29) is 29.4 Å². The molecule has 1 aliphatic heterocycles. The third-order valence-corrected chi connectivity index (χ3v) is 6.29. The van der Waals surface area contributed by atoms with Gasteiger partial charge in [-0.25, -0.2) is 27.7 Å². The summed E-state index contributed by atoms with van der Waals surface area (Å²) >= 11 is 0. The third-order valence-electron chi connectivity index (χ3n) is 6.29. The molecule has 14 heteroatoms. The number of likely N-dealkylation sites (tertiary alicyclic amines) is 1. The number of methoxy groups -OCH3 is 1. The van der Waals surface area contributed by atoms with E-state index in [1.165, 1.54) is 36.3 Å². The maximum absolute atomic E-state index is 14.6. The number of anilines is 1. The average Bonchev–Trinajstić information content (AvgIpc) is 3.16. The molecule has 1 unspecified atom stereocenters. The van der Waals surface area contributed by atoms with Gasteiger partial charge in [-0.15, -0.1) is 0 Å². The minimum Gasteiger partial charge on any atom is -0.480 e. The van der Waals surface area contributed by atoms with Gasteiger partial charge in [0, 0.05) is 24.7 Å². The SMILES string of the molecule is COc1ncc(-c2c(C#N)cc3c(N)ncnn23)cc1C(=O)N[C@@H]1CN(C(=O)C2CC2(F)F)C[C@@H]1F. The van der Waals surface area contributed by atoms with Crippen molar-refractivity contribution in [1.82, 2.24) is 29.8 Å². The molecule has 0 spiro atoms. The first kappa shape index (κ1) is 23.3. The maximum atomic E-state index is 14.6. The number of alkyl halides is 3. The number of nitriles is 1. The Hall–Kier alpha value is -4.41. The summed E-state index contributed by atoms with van der Waals surface area (Å²) < 4.78 is 47.7. The number of ether oxygens (including phenoxy) is 1. The Labute approximate surface area is 201 Å². The quantitative estimate of drug-likeness (QED) is 0.530. The topological polar surface area (TPSA) is 152 Å². The third kappa shape index (κ3) is 3.82. The smallest absolute Gasteiger partial charge is 0.260 e. The number of hydrogen-bond donors (Lipinski definition) is 2. The fourth-order valence-corrected chi connectivity index (χ4v) is 4.31. The Kier molecular flexibility index (Phi) is 5.42. The van der Waals surface area contributed by atoms with Crippen LogP contribution in [0.2, 0.25) is 0 Å². The van der Waals surface area contributed by atoms with E-state index >= 15 is 0 Å². The van der Waals surface area contributed by atoms with Crippen molar-refractivity contribution < 1.29 is 27.5 Å². The van der Waals surface area contributed by atoms with Crippen LogP contribution in [-0.4, -0.2) is 74.6 Å². The van der Waals surface area contributed by atoms with Gasteiger partial charge in [0.05, 0.1) is 31.0 Å². The lowest BCUT2D eigenvalue weighted by atomic mass is 10.1. The molecule has 2 amide bonds. The molecule has 4 heterocycles. The molecule has 186 valence electrons. The summed E-state index contributed by atoms with van der Waals surface area (Å²) in [6, 6.07) is 3.83. The predicted octanol–water partition coefficient (Wildman–Crippen LogP) is 1.19. The molecule has 3 aromatic rings. The lowest BCUT2D eigenvalue weighted by Crippen LogP contribution is -2.42. The number of fused-ring (bicyclic) bond motifs is 1. The molecule has 0 aromatic carbocycles. The molecule has 0 radical (unpaired) electrons. The van der Waals surface area contributed by atoms with Gasteiger partial charge in [0.25, 0.3) is 11.8 Å². The van der Waals surface area contributed by atoms with E-state index in [2.05, 4.69) is 20.4 Å². The van der Waals surface area contributed by atoms with Crippen molar-refractivity contribution in [2.75, 3.05) is 25.9 Å². The number of halogens is 3. The largest absolute Gasteiger partial charge is 0.480 e. The van der Waals surface area contributed by atoms with Gasteiger partial charge in [-0.1, -0.05) is 0 Å². The molecule has 1 saturated carbocycles. The van der Waals surface area contributed by atoms with Crippen LogP contribution in [0.3, 0.4) is 0 Å². The minimum absolute atomic E-state index is 0.0660. The molecular weight excluding hydrogens is 481 g/mol. The Bertz CT molecular complexity index is 1440. The summed E-state index contributed by atoms with van der Waals surface area (Å²) in [6.07, 6.45) is 0.387. The van der Waals surface area contributed by atoms with Gasteiger partial charge in [-0.3, -0.25) is 9.59 Å². The highest BCUT2D eigenvalue weighted by molar-refractivity contribution is 5.98. The van der Waals surface area contributed by atoms with Crippen molar-refractivity contribution in [1.29, 1.82) is 5.26 Å². The van der Waals surface area contributed by atoms with Crippen LogP contribution in [0, 0.1) is 17.2 Å². The molecule has 2 fully saturated rings. The van der Waals surface area contributed by atoms with E-state index in [1.807, 2.05) is 6.07 Å². The van der Waals surface area contributed by atoms with E-state index in [9.17, 15) is 28.0 Å². The Morgan fingerprint density at radius 3 is 2.72 bits per heavy atom. The normalized spacial score (nSPS) is 22.3. The minimum atomic E-state index is -3.06. The van der Waals surface area contributed by atoms with Gasteiger partial charge in [0.15, 0.2) is 5.82 Å². The van der Waals surface area contributed by atoms with Gasteiger partial charge in [0.1, 0.15) is 35.6 Å². The number of rotatable bonds is 5. The number of carbonyl (C=O) groups is 2. The summed E-state index contributed by atoms with van der Waals surface area (Å²) in [6.45, 7) is -0.638. The van der Waals surface area contributed by atoms with E-state index in [0.717, 1.165) is 4.90 Å². The first-order valence-corrected chi connectivity index (χ1v) is 10.8. The summed E-state index contributed by atoms with van der Waals surface area (Å²) in [5, 5.41) is 16.2. The fourth-order valence-electron chi connectivity index (χ4n) is 4.31. The molecule has 3 atom stereocenters. The Morgan fingerprint density at radius 1 is 1.31 bits per heavy atom. The van der Waals surface area contributed by atoms with Gasteiger partial charge < -0.3 is 20.7 Å². The first-order chi connectivity index (χ1) is 17.1. The number of nitrogens with zero attached hydrogens (tertiary/aromatic N) is 6. The predicted molar refractivity (Wildman–Crippen MR) is 118 cm³/mol. The van der Waals surface area contributed by atoms with Crippen molar-refractivity contribution in [3.63, 3.8) is 0 Å². The number of carbonyl (C=O) groups excluding carboxylic acids is 2. The molecule has 11 nitrogen and oxygen atoms in total. The van der Waals surface area contributed by atoms with E-state index < -0.39 is 48.8 Å². The van der Waals surface area contributed by atoms with Gasteiger partial charge >= 0.3 is 0 Å². The molecule has 0 bridgehead atoms. The molecule has 1 aliphatic carbocycles. The summed E-state index contributed by atoms with van der Waals surface area (Å²) in [7, 11) is 1.30. The van der Waals surface area contributed by atoms with Crippen LogP contribution in [0.25, 0.3) is 16.8 Å². The van der Waals surface area contributed by atoms with Crippen LogP contribution in [-0.2, 0) is 4.79 Å². The molecule has 2 aliphatic rings. The van der Waals surface area contributed by atoms with Gasteiger partial charge in [0.2, 0.25) is 11.8 Å². The summed E-state index contributed by atoms with van der Waals surface area (Å²) in [4.78, 5) is 34.4. The highest BCUT2D eigenvalue weighted by Crippen LogP contribution is 2.49. The van der Waals surface area contributed by atoms with Crippen LogP contribution in [0.15, 0.2) is 24.7 Å². The average molecular weight is 500 g/mol. The second kappa shape index (κ2) is 8.36. The number of hydrogen-bond acceptors (Lipinski definition) is 8. The zero-order valence-corrected chi connectivity index (χ0v) is 18.8. The molecule has 36 heavy (non-hydrogen) atoms. The zero-order chi connectivity index (χ0) is 25.8. The lowest BCUT2D eigenvalue weighted by Gasteiger charge is -2.17. The van der Waals surface area contributed by atoms with Crippen molar-refractivity contribution in [2.45, 2.75) is 24.6 Å². The van der Waals surface area contributed by atoms with E-state index in [0.29, 0.717) is 16.8 Å². The number of amides is 2. The van der Waals surface area contributed by atoms with Crippen LogP contribution < -0.4 is 15.8 Å². The van der Waals surface area contributed by atoms with E-state index in [1.54, 1.807) is 0 Å². The number of nitrogen functional groups attached to an aromatic ring is 1. The van der Waals surface area contributed by atoms with Crippen molar-refractivity contribution in [3.05, 3.63) is 35.8 Å². The Morgan fingerprint density at radius 2 is 2.06 bits per heavy atom. The zero-order valence-electron chi connectivity index (χ0n) is 18.8. The lowest BCUT2D eigenvalue weighted by molar-refractivity contribution is -0.134. The van der Waals surface area contributed by atoms with Crippen LogP contribution in [0.4, 0.5) is 19.0 Å². The van der Waals surface area contributed by atoms with Crippen LogP contribution >= 0.6 is 0 Å². The number of nitrogens with one attached hydrogen (secondary N) is 1. The standard InChI is InChI=1S/C22H19F3N8O3/c1-36-20-12(19(34)31-15-8-32(7-14(15)23)21(35)13-4-22(13,24)25)2-11(6-28-20)17-10(5-26)3-16-18(27)29-9-30-33(16)17/h2-3,6,9,13-15H,4,7-8H2,1H3,(H,31,34)(H2,27,29,30)/t13?,14-,15+/m0/s1. The summed E-state index contributed by atoms with van der Waals surface area (Å²) in [5.41, 5.74) is 7.02. The van der Waals surface area contributed by atoms with Crippen molar-refractivity contribution in [2.24, 2.45) is 5.92 Å². The molecule has 5 rings (SSSR count). The highest BCUT2D eigenvalue weighted by Gasteiger charge is 2.63. The molecular formula is C22H19F3N8O3. The number of aromatic nitrogens is 4. The molecule has 3 aromatic heterocycles. The fraction of sp³-hybridized carbons (Fsp3) is 0.364. The maximum Gasteiger partial charge on any atom is 0.260 e. The van der Waals surface area contributed by atoms with Crippen molar-refractivity contribution >= 4 is 23.1 Å².